The lowest BCUT2D eigenvalue weighted by atomic mass is 10.2. The van der Waals surface area contributed by atoms with Crippen molar-refractivity contribution in [1.29, 1.82) is 5.26 Å². The molecule has 0 N–H and O–H groups in total. The SMILES string of the molecule is CC(C#N)C(F)(F)OCC(F)(F)F.F.FC=C(F)F. The Bertz CT molecular complexity index is 302. The van der Waals surface area contributed by atoms with Gasteiger partial charge in [0.25, 0.3) is 6.08 Å². The number of hydrogen-bond donors (Lipinski definition) is 0. The molecule has 19 heavy (non-hydrogen) atoms. The zero-order valence-electron chi connectivity index (χ0n) is 9.15. The minimum Gasteiger partial charge on any atom is -0.310 e. The Morgan fingerprint density at radius 1 is 1.26 bits per heavy atom. The number of ether oxygens (including phenoxy) is 1. The third-order valence-electron chi connectivity index (χ3n) is 1.21. The first-order valence-electron chi connectivity index (χ1n) is 4.05. The van der Waals surface area contributed by atoms with E-state index in [-0.39, 0.29) is 4.70 Å². The third-order valence-corrected chi connectivity index (χ3v) is 1.21. The average molecular weight is 305 g/mol. The summed E-state index contributed by atoms with van der Waals surface area (Å²) in [6.07, 6.45) is -11.9. The standard InChI is InChI=1S/C6H6F5NO.C2HF3.FH/c1-4(2-12)6(10,11)13-3-5(7,8)9;3-1-2(4)5;/h4H,3H2,1H3;1H;1H. The molecular formula is C8H8F9NO. The summed E-state index contributed by atoms with van der Waals surface area (Å²) in [6.45, 7) is -1.29. The van der Waals surface area contributed by atoms with Gasteiger partial charge in [-0.25, -0.2) is 4.39 Å². The van der Waals surface area contributed by atoms with E-state index in [1.165, 1.54) is 0 Å². The van der Waals surface area contributed by atoms with Crippen LogP contribution in [0.25, 0.3) is 0 Å². The van der Waals surface area contributed by atoms with Gasteiger partial charge in [0.2, 0.25) is 0 Å². The number of nitriles is 1. The van der Waals surface area contributed by atoms with Crippen LogP contribution in [-0.2, 0) is 4.74 Å². The lowest BCUT2D eigenvalue weighted by Gasteiger charge is -2.19. The molecule has 0 aliphatic carbocycles. The van der Waals surface area contributed by atoms with E-state index in [0.717, 1.165) is 13.0 Å². The number of rotatable bonds is 3. The molecule has 0 fully saturated rings. The van der Waals surface area contributed by atoms with Crippen molar-refractivity contribution in [2.24, 2.45) is 5.92 Å². The Balaban J connectivity index is -0.000000366. The Morgan fingerprint density at radius 3 is 1.84 bits per heavy atom. The summed E-state index contributed by atoms with van der Waals surface area (Å²) in [5, 5.41) is 8.01. The second-order valence-electron chi connectivity index (χ2n) is 2.72. The first-order valence-corrected chi connectivity index (χ1v) is 4.05. The monoisotopic (exact) mass is 305 g/mol. The van der Waals surface area contributed by atoms with Gasteiger partial charge in [-0.15, -0.1) is 0 Å². The highest BCUT2D eigenvalue weighted by Crippen LogP contribution is 2.28. The largest absolute Gasteiger partial charge is 0.412 e. The van der Waals surface area contributed by atoms with E-state index in [1.807, 2.05) is 0 Å². The Kier molecular flexibility index (Phi) is 11.3. The van der Waals surface area contributed by atoms with Crippen molar-refractivity contribution in [3.8, 4) is 6.07 Å². The second-order valence-corrected chi connectivity index (χ2v) is 2.72. The lowest BCUT2D eigenvalue weighted by molar-refractivity contribution is -0.301. The summed E-state index contributed by atoms with van der Waals surface area (Å²) in [6, 6.07) is 1.10. The zero-order chi connectivity index (χ0) is 15.0. The van der Waals surface area contributed by atoms with E-state index in [0.29, 0.717) is 0 Å². The highest BCUT2D eigenvalue weighted by molar-refractivity contribution is 4.85. The maximum atomic E-state index is 12.4. The van der Waals surface area contributed by atoms with Crippen LogP contribution in [0.4, 0.5) is 39.8 Å². The van der Waals surface area contributed by atoms with Crippen molar-refractivity contribution in [3.05, 3.63) is 12.4 Å². The number of nitrogens with zero attached hydrogens (tertiary/aromatic N) is 1. The average Bonchev–Trinajstić information content (AvgIpc) is 2.25. The number of halogens is 9. The molecule has 1 unspecified atom stereocenters. The molecule has 2 nitrogen and oxygen atoms in total. The van der Waals surface area contributed by atoms with Crippen LogP contribution in [0.15, 0.2) is 12.4 Å². The quantitative estimate of drug-likeness (QED) is 0.733. The minimum absolute atomic E-state index is 0. The summed E-state index contributed by atoms with van der Waals surface area (Å²) >= 11 is 0. The fourth-order valence-electron chi connectivity index (χ4n) is 0.378. The Hall–Kier alpha value is -1.44. The maximum absolute atomic E-state index is 12.4. The fourth-order valence-corrected chi connectivity index (χ4v) is 0.378. The predicted molar refractivity (Wildman–Crippen MR) is 45.6 cm³/mol. The van der Waals surface area contributed by atoms with Crippen molar-refractivity contribution in [1.82, 2.24) is 0 Å². The summed E-state index contributed by atoms with van der Waals surface area (Å²) < 4.78 is 93.0. The van der Waals surface area contributed by atoms with Crippen molar-refractivity contribution in [2.45, 2.75) is 19.2 Å². The first-order chi connectivity index (χ1) is 7.96. The number of hydrogen-bond acceptors (Lipinski definition) is 2. The molecule has 0 bridgehead atoms. The fraction of sp³-hybridized carbons (Fsp3) is 0.625. The second kappa shape index (κ2) is 9.48. The molecule has 0 saturated carbocycles. The molecule has 1 atom stereocenters. The summed E-state index contributed by atoms with van der Waals surface area (Å²) in [7, 11) is 0. The minimum atomic E-state index is -4.82. The van der Waals surface area contributed by atoms with Gasteiger partial charge >= 0.3 is 12.3 Å². The van der Waals surface area contributed by atoms with Gasteiger partial charge in [0.1, 0.15) is 12.5 Å². The van der Waals surface area contributed by atoms with Gasteiger partial charge in [0.15, 0.2) is 6.33 Å². The van der Waals surface area contributed by atoms with Crippen LogP contribution >= 0.6 is 0 Å². The summed E-state index contributed by atoms with van der Waals surface area (Å²) in [5.74, 6) is -1.91. The van der Waals surface area contributed by atoms with E-state index in [2.05, 4.69) is 4.74 Å². The van der Waals surface area contributed by atoms with Crippen molar-refractivity contribution < 1.29 is 44.6 Å². The summed E-state index contributed by atoms with van der Waals surface area (Å²) in [5.41, 5.74) is 0. The molecule has 0 aromatic carbocycles. The molecule has 0 aliphatic rings. The smallest absolute Gasteiger partial charge is 0.310 e. The van der Waals surface area contributed by atoms with Gasteiger partial charge in [0, 0.05) is 0 Å². The van der Waals surface area contributed by atoms with Gasteiger partial charge in [-0.1, -0.05) is 0 Å². The normalized spacial score (nSPS) is 12.2. The molecule has 0 aromatic heterocycles. The molecule has 0 saturated heterocycles. The van der Waals surface area contributed by atoms with Crippen LogP contribution in [0.5, 0.6) is 0 Å². The molecule has 114 valence electrons. The van der Waals surface area contributed by atoms with Crippen LogP contribution in [0.1, 0.15) is 6.92 Å². The van der Waals surface area contributed by atoms with E-state index in [1.54, 1.807) is 0 Å². The highest BCUT2D eigenvalue weighted by Gasteiger charge is 2.42. The van der Waals surface area contributed by atoms with Crippen molar-refractivity contribution >= 4 is 0 Å². The highest BCUT2D eigenvalue weighted by atomic mass is 19.4. The maximum Gasteiger partial charge on any atom is 0.412 e. The molecule has 11 heteroatoms. The zero-order valence-corrected chi connectivity index (χ0v) is 9.15. The van der Waals surface area contributed by atoms with E-state index >= 15 is 0 Å². The van der Waals surface area contributed by atoms with Gasteiger partial charge in [-0.3, -0.25) is 4.70 Å². The molecule has 0 rings (SSSR count). The van der Waals surface area contributed by atoms with Crippen molar-refractivity contribution in [2.75, 3.05) is 6.61 Å². The van der Waals surface area contributed by atoms with Crippen molar-refractivity contribution in [3.63, 3.8) is 0 Å². The predicted octanol–water partition coefficient (Wildman–Crippen LogP) is 4.16. The Morgan fingerprint density at radius 2 is 1.63 bits per heavy atom. The molecular weight excluding hydrogens is 297 g/mol. The molecule has 0 aromatic rings. The number of alkyl halides is 5. The molecule has 0 spiro atoms. The van der Waals surface area contributed by atoms with E-state index in [4.69, 9.17) is 5.26 Å². The van der Waals surface area contributed by atoms with Crippen LogP contribution in [-0.4, -0.2) is 18.9 Å². The topological polar surface area (TPSA) is 33.0 Å². The van der Waals surface area contributed by atoms with E-state index < -0.39 is 37.2 Å². The molecule has 0 aliphatic heterocycles. The van der Waals surface area contributed by atoms with Gasteiger partial charge in [-0.05, 0) is 6.92 Å². The van der Waals surface area contributed by atoms with Crippen LogP contribution in [0.3, 0.4) is 0 Å². The van der Waals surface area contributed by atoms with Crippen LogP contribution in [0, 0.1) is 17.2 Å². The van der Waals surface area contributed by atoms with Crippen LogP contribution in [0.2, 0.25) is 0 Å². The van der Waals surface area contributed by atoms with Gasteiger partial charge in [-0.2, -0.15) is 36.0 Å². The lowest BCUT2D eigenvalue weighted by Crippen LogP contribution is -2.33. The molecule has 0 heterocycles. The molecule has 0 amide bonds. The van der Waals surface area contributed by atoms with Gasteiger partial charge in [0.05, 0.1) is 6.07 Å². The third kappa shape index (κ3) is 14.5. The van der Waals surface area contributed by atoms with Gasteiger partial charge < -0.3 is 4.74 Å². The summed E-state index contributed by atoms with van der Waals surface area (Å²) in [4.78, 5) is 0. The van der Waals surface area contributed by atoms with Crippen LogP contribution < -0.4 is 0 Å². The Labute approximate surface area is 101 Å². The first kappa shape index (κ1) is 22.7. The van der Waals surface area contributed by atoms with E-state index in [9.17, 15) is 35.1 Å². The molecule has 0 radical (unpaired) electrons.